The highest BCUT2D eigenvalue weighted by Crippen LogP contribution is 2.45. The summed E-state index contributed by atoms with van der Waals surface area (Å²) in [6.07, 6.45) is 1.28. The zero-order valence-electron chi connectivity index (χ0n) is 10.7. The van der Waals surface area contributed by atoms with E-state index in [4.69, 9.17) is 0 Å². The summed E-state index contributed by atoms with van der Waals surface area (Å²) in [5.74, 6) is 1.39. The van der Waals surface area contributed by atoms with Gasteiger partial charge in [-0.25, -0.2) is 0 Å². The first-order valence-corrected chi connectivity index (χ1v) is 6.40. The molecule has 1 heterocycles. The van der Waals surface area contributed by atoms with Gasteiger partial charge in [0.15, 0.2) is 0 Å². The summed E-state index contributed by atoms with van der Waals surface area (Å²) in [7, 11) is 0. The quantitative estimate of drug-likeness (QED) is 0.800. The molecule has 1 aromatic rings. The van der Waals surface area contributed by atoms with E-state index in [1.165, 1.54) is 12.0 Å². The summed E-state index contributed by atoms with van der Waals surface area (Å²) in [6.45, 7) is 9.47. The molecule has 0 aromatic heterocycles. The first-order valence-electron chi connectivity index (χ1n) is 6.40. The molecule has 88 valence electrons. The van der Waals surface area contributed by atoms with Crippen molar-refractivity contribution in [3.05, 3.63) is 35.9 Å². The predicted molar refractivity (Wildman–Crippen MR) is 69.6 cm³/mol. The van der Waals surface area contributed by atoms with Crippen LogP contribution in [0.1, 0.15) is 38.7 Å². The van der Waals surface area contributed by atoms with Crippen LogP contribution in [0.25, 0.3) is 0 Å². The van der Waals surface area contributed by atoms with Crippen LogP contribution in [0.15, 0.2) is 30.3 Å². The second-order valence-electron chi connectivity index (χ2n) is 5.58. The Morgan fingerprint density at radius 2 is 1.94 bits per heavy atom. The van der Waals surface area contributed by atoms with Crippen molar-refractivity contribution in [3.8, 4) is 0 Å². The highest BCUT2D eigenvalue weighted by atomic mass is 14.9. The topological polar surface area (TPSA) is 12.0 Å². The van der Waals surface area contributed by atoms with Crippen molar-refractivity contribution >= 4 is 0 Å². The van der Waals surface area contributed by atoms with Gasteiger partial charge in [-0.05, 0) is 29.9 Å². The number of hydrogen-bond acceptors (Lipinski definition) is 1. The average molecular weight is 217 g/mol. The van der Waals surface area contributed by atoms with Gasteiger partial charge in [-0.3, -0.25) is 0 Å². The standard InChI is InChI=1S/C15H23N/c1-12(2)15(3)9-10-16-11-14(15)13-7-5-4-6-8-13/h4-8,12,14,16H,9-11H2,1-3H3. The summed E-state index contributed by atoms with van der Waals surface area (Å²) < 4.78 is 0. The molecule has 1 aliphatic rings. The zero-order valence-corrected chi connectivity index (χ0v) is 10.7. The van der Waals surface area contributed by atoms with E-state index in [2.05, 4.69) is 56.4 Å². The van der Waals surface area contributed by atoms with Crippen LogP contribution in [0, 0.1) is 11.3 Å². The van der Waals surface area contributed by atoms with Crippen LogP contribution in [-0.2, 0) is 0 Å². The maximum atomic E-state index is 3.54. The monoisotopic (exact) mass is 217 g/mol. The Labute approximate surface area is 99.3 Å². The maximum absolute atomic E-state index is 3.54. The van der Waals surface area contributed by atoms with Gasteiger partial charge in [0.05, 0.1) is 0 Å². The molecule has 1 heteroatoms. The molecule has 1 nitrogen and oxygen atoms in total. The lowest BCUT2D eigenvalue weighted by atomic mass is 9.63. The van der Waals surface area contributed by atoms with Crippen LogP contribution in [0.3, 0.4) is 0 Å². The lowest BCUT2D eigenvalue weighted by Gasteiger charge is -2.45. The Hall–Kier alpha value is -0.820. The van der Waals surface area contributed by atoms with E-state index in [0.29, 0.717) is 11.3 Å². The third-order valence-corrected chi connectivity index (χ3v) is 4.51. The first-order chi connectivity index (χ1) is 7.64. The lowest BCUT2D eigenvalue weighted by molar-refractivity contribution is 0.120. The third kappa shape index (κ3) is 2.01. The Morgan fingerprint density at radius 3 is 2.56 bits per heavy atom. The van der Waals surface area contributed by atoms with Gasteiger partial charge < -0.3 is 5.32 Å². The SMILES string of the molecule is CC(C)C1(C)CCNCC1c1ccccc1. The van der Waals surface area contributed by atoms with Crippen molar-refractivity contribution in [3.63, 3.8) is 0 Å². The van der Waals surface area contributed by atoms with Crippen molar-refractivity contribution in [2.75, 3.05) is 13.1 Å². The Balaban J connectivity index is 2.30. The molecular weight excluding hydrogens is 194 g/mol. The second kappa shape index (κ2) is 4.58. The molecule has 2 rings (SSSR count). The number of hydrogen-bond donors (Lipinski definition) is 1. The van der Waals surface area contributed by atoms with Gasteiger partial charge in [0.2, 0.25) is 0 Å². The van der Waals surface area contributed by atoms with Crippen molar-refractivity contribution in [2.45, 2.75) is 33.1 Å². The Kier molecular flexibility index (Phi) is 3.34. The minimum atomic E-state index is 0.437. The molecule has 1 fully saturated rings. The van der Waals surface area contributed by atoms with E-state index in [9.17, 15) is 0 Å². The van der Waals surface area contributed by atoms with Gasteiger partial charge >= 0.3 is 0 Å². The van der Waals surface area contributed by atoms with Crippen molar-refractivity contribution < 1.29 is 0 Å². The first kappa shape index (κ1) is 11.7. The van der Waals surface area contributed by atoms with E-state index >= 15 is 0 Å². The van der Waals surface area contributed by atoms with Crippen LogP contribution in [0.5, 0.6) is 0 Å². The number of rotatable bonds is 2. The molecule has 0 aliphatic carbocycles. The molecule has 1 aromatic carbocycles. The van der Waals surface area contributed by atoms with Crippen LogP contribution < -0.4 is 5.32 Å². The number of piperidine rings is 1. The summed E-state index contributed by atoms with van der Waals surface area (Å²) in [5, 5.41) is 3.54. The largest absolute Gasteiger partial charge is 0.316 e. The average Bonchev–Trinajstić information content (AvgIpc) is 2.30. The molecule has 0 radical (unpaired) electrons. The van der Waals surface area contributed by atoms with Crippen LogP contribution in [0.4, 0.5) is 0 Å². The van der Waals surface area contributed by atoms with Crippen molar-refractivity contribution in [2.24, 2.45) is 11.3 Å². The molecule has 2 atom stereocenters. The van der Waals surface area contributed by atoms with Gasteiger partial charge in [0.1, 0.15) is 0 Å². The second-order valence-corrected chi connectivity index (χ2v) is 5.58. The fourth-order valence-electron chi connectivity index (χ4n) is 2.89. The van der Waals surface area contributed by atoms with E-state index in [-0.39, 0.29) is 0 Å². The van der Waals surface area contributed by atoms with Crippen molar-refractivity contribution in [1.82, 2.24) is 5.32 Å². The highest BCUT2D eigenvalue weighted by Gasteiger charge is 2.39. The van der Waals surface area contributed by atoms with E-state index in [1.807, 2.05) is 0 Å². The summed E-state index contributed by atoms with van der Waals surface area (Å²) in [4.78, 5) is 0. The zero-order chi connectivity index (χ0) is 11.6. The number of nitrogens with one attached hydrogen (secondary N) is 1. The van der Waals surface area contributed by atoms with Crippen LogP contribution in [0.2, 0.25) is 0 Å². The number of benzene rings is 1. The molecule has 0 saturated carbocycles. The molecule has 0 spiro atoms. The van der Waals surface area contributed by atoms with E-state index in [1.54, 1.807) is 0 Å². The van der Waals surface area contributed by atoms with Gasteiger partial charge in [-0.1, -0.05) is 51.1 Å². The fraction of sp³-hybridized carbons (Fsp3) is 0.600. The highest BCUT2D eigenvalue weighted by molar-refractivity contribution is 5.23. The minimum Gasteiger partial charge on any atom is -0.316 e. The normalized spacial score (nSPS) is 30.6. The summed E-state index contributed by atoms with van der Waals surface area (Å²) in [5.41, 5.74) is 1.93. The maximum Gasteiger partial charge on any atom is 0.00255 e. The third-order valence-electron chi connectivity index (χ3n) is 4.51. The molecule has 0 amide bonds. The van der Waals surface area contributed by atoms with Gasteiger partial charge in [-0.15, -0.1) is 0 Å². The molecule has 1 saturated heterocycles. The molecule has 1 N–H and O–H groups in total. The Morgan fingerprint density at radius 1 is 1.25 bits per heavy atom. The van der Waals surface area contributed by atoms with Crippen LogP contribution >= 0.6 is 0 Å². The summed E-state index contributed by atoms with van der Waals surface area (Å²) >= 11 is 0. The van der Waals surface area contributed by atoms with Gasteiger partial charge in [0.25, 0.3) is 0 Å². The minimum absolute atomic E-state index is 0.437. The van der Waals surface area contributed by atoms with Crippen LogP contribution in [-0.4, -0.2) is 13.1 Å². The van der Waals surface area contributed by atoms with E-state index < -0.39 is 0 Å². The van der Waals surface area contributed by atoms with E-state index in [0.717, 1.165) is 19.0 Å². The Bertz CT molecular complexity index is 331. The fourth-order valence-corrected chi connectivity index (χ4v) is 2.89. The van der Waals surface area contributed by atoms with Gasteiger partial charge in [-0.2, -0.15) is 0 Å². The molecule has 16 heavy (non-hydrogen) atoms. The van der Waals surface area contributed by atoms with Crippen molar-refractivity contribution in [1.29, 1.82) is 0 Å². The smallest absolute Gasteiger partial charge is 0.00255 e. The molecule has 0 bridgehead atoms. The molecular formula is C15H23N. The molecule has 1 aliphatic heterocycles. The van der Waals surface area contributed by atoms with Gasteiger partial charge in [0, 0.05) is 12.5 Å². The summed E-state index contributed by atoms with van der Waals surface area (Å²) in [6, 6.07) is 11.0. The predicted octanol–water partition coefficient (Wildman–Crippen LogP) is 3.43. The molecule has 2 unspecified atom stereocenters. The lowest BCUT2D eigenvalue weighted by Crippen LogP contribution is -2.44.